The van der Waals surface area contributed by atoms with Gasteiger partial charge in [-0.1, -0.05) is 17.8 Å². The van der Waals surface area contributed by atoms with Gasteiger partial charge in [-0.15, -0.1) is 0 Å². The third-order valence-electron chi connectivity index (χ3n) is 3.72. The molecule has 0 spiro atoms. The normalized spacial score (nSPS) is 20.9. The van der Waals surface area contributed by atoms with Crippen molar-refractivity contribution >= 4 is 11.8 Å². The number of methoxy groups -OCH3 is 1. The van der Waals surface area contributed by atoms with Crippen molar-refractivity contribution in [3.8, 4) is 5.75 Å². The van der Waals surface area contributed by atoms with Crippen LogP contribution in [-0.2, 0) is 6.42 Å². The summed E-state index contributed by atoms with van der Waals surface area (Å²) >= 11 is 1.53. The summed E-state index contributed by atoms with van der Waals surface area (Å²) in [6.45, 7) is 0. The number of thioether (sulfide) groups is 1. The Morgan fingerprint density at radius 2 is 2.29 bits per heavy atom. The lowest BCUT2D eigenvalue weighted by Crippen LogP contribution is -2.29. The predicted molar refractivity (Wildman–Crippen MR) is 82.7 cm³/mol. The molecule has 0 fully saturated rings. The molecule has 3 rings (SSSR count). The molecular formula is C15H17N3O2S. The average molecular weight is 303 g/mol. The van der Waals surface area contributed by atoms with Crippen molar-refractivity contribution in [3.63, 3.8) is 0 Å². The molecule has 5 nitrogen and oxygen atoms in total. The van der Waals surface area contributed by atoms with Crippen molar-refractivity contribution in [2.45, 2.75) is 29.3 Å². The fourth-order valence-electron chi connectivity index (χ4n) is 2.60. The van der Waals surface area contributed by atoms with Gasteiger partial charge in [-0.3, -0.25) is 4.79 Å². The zero-order chi connectivity index (χ0) is 14.8. The van der Waals surface area contributed by atoms with Gasteiger partial charge in [0.05, 0.1) is 7.11 Å². The summed E-state index contributed by atoms with van der Waals surface area (Å²) in [4.78, 5) is 18.3. The van der Waals surface area contributed by atoms with Gasteiger partial charge in [0.25, 0.3) is 5.56 Å². The molecule has 1 aliphatic carbocycles. The molecular weight excluding hydrogens is 286 g/mol. The molecule has 1 aliphatic rings. The second kappa shape index (κ2) is 5.91. The third kappa shape index (κ3) is 2.96. The smallest absolute Gasteiger partial charge is 0.251 e. The highest BCUT2D eigenvalue weighted by atomic mass is 32.2. The first-order chi connectivity index (χ1) is 10.2. The molecule has 0 bridgehead atoms. The molecule has 110 valence electrons. The first kappa shape index (κ1) is 14.2. The molecule has 0 amide bonds. The van der Waals surface area contributed by atoms with Gasteiger partial charge in [0.2, 0.25) is 0 Å². The van der Waals surface area contributed by atoms with Crippen LogP contribution >= 0.6 is 11.8 Å². The van der Waals surface area contributed by atoms with E-state index < -0.39 is 0 Å². The first-order valence-corrected chi connectivity index (χ1v) is 7.69. The molecule has 0 saturated heterocycles. The number of hydrogen-bond donors (Lipinski definition) is 2. The lowest BCUT2D eigenvalue weighted by molar-refractivity contribution is 0.412. The maximum atomic E-state index is 11.3. The second-order valence-corrected chi connectivity index (χ2v) is 6.25. The monoisotopic (exact) mass is 303 g/mol. The van der Waals surface area contributed by atoms with E-state index in [1.807, 2.05) is 12.1 Å². The number of nitrogens with zero attached hydrogens (tertiary/aromatic N) is 1. The number of ether oxygens (including phenoxy) is 1. The van der Waals surface area contributed by atoms with E-state index in [1.54, 1.807) is 7.11 Å². The molecule has 21 heavy (non-hydrogen) atoms. The maximum Gasteiger partial charge on any atom is 0.251 e. The molecule has 2 aromatic rings. The van der Waals surface area contributed by atoms with Crippen LogP contribution in [0.5, 0.6) is 5.75 Å². The van der Waals surface area contributed by atoms with Crippen LogP contribution < -0.4 is 16.0 Å². The van der Waals surface area contributed by atoms with Crippen molar-refractivity contribution in [2.24, 2.45) is 5.73 Å². The predicted octanol–water partition coefficient (Wildman–Crippen LogP) is 1.89. The largest absolute Gasteiger partial charge is 0.497 e. The molecule has 3 N–H and O–H groups in total. The Kier molecular flexibility index (Phi) is 3.98. The summed E-state index contributed by atoms with van der Waals surface area (Å²) in [6, 6.07) is 7.37. The summed E-state index contributed by atoms with van der Waals surface area (Å²) in [5.74, 6) is 0.820. The van der Waals surface area contributed by atoms with E-state index in [4.69, 9.17) is 10.5 Å². The van der Waals surface area contributed by atoms with Crippen LogP contribution in [0.4, 0.5) is 0 Å². The van der Waals surface area contributed by atoms with E-state index in [0.29, 0.717) is 5.16 Å². The number of aromatic amines is 1. The van der Waals surface area contributed by atoms with Crippen LogP contribution in [0.2, 0.25) is 0 Å². The number of hydrogen-bond acceptors (Lipinski definition) is 5. The van der Waals surface area contributed by atoms with Crippen molar-refractivity contribution in [1.82, 2.24) is 9.97 Å². The molecule has 1 aromatic heterocycles. The van der Waals surface area contributed by atoms with Crippen molar-refractivity contribution in [2.75, 3.05) is 7.11 Å². The Morgan fingerprint density at radius 1 is 1.43 bits per heavy atom. The quantitative estimate of drug-likeness (QED) is 0.846. The SMILES string of the molecule is COc1ccc2c(c1)C(N)C(Sc1nccc(=O)[nH]1)CC2. The summed E-state index contributed by atoms with van der Waals surface area (Å²) in [5.41, 5.74) is 8.66. The Bertz CT molecular complexity index is 701. The van der Waals surface area contributed by atoms with Gasteiger partial charge in [-0.2, -0.15) is 0 Å². The number of nitrogens with two attached hydrogens (primary N) is 1. The molecule has 0 radical (unpaired) electrons. The summed E-state index contributed by atoms with van der Waals surface area (Å²) in [7, 11) is 1.65. The van der Waals surface area contributed by atoms with Crippen LogP contribution in [0, 0.1) is 0 Å². The van der Waals surface area contributed by atoms with Crippen LogP contribution in [0.3, 0.4) is 0 Å². The zero-order valence-electron chi connectivity index (χ0n) is 11.7. The standard InChI is InChI=1S/C15H17N3O2S/c1-20-10-4-2-9-3-5-12(14(16)11(9)8-10)21-15-17-7-6-13(19)18-15/h2,4,6-8,12,14H,3,5,16H2,1H3,(H,17,18,19). The highest BCUT2D eigenvalue weighted by molar-refractivity contribution is 7.99. The van der Waals surface area contributed by atoms with Crippen LogP contribution in [0.15, 0.2) is 40.4 Å². The van der Waals surface area contributed by atoms with Crippen molar-refractivity contribution < 1.29 is 4.74 Å². The number of nitrogens with one attached hydrogen (secondary N) is 1. The minimum absolute atomic E-state index is 0.0978. The average Bonchev–Trinajstić information content (AvgIpc) is 2.50. The van der Waals surface area contributed by atoms with Gasteiger partial charge >= 0.3 is 0 Å². The fourth-order valence-corrected chi connectivity index (χ4v) is 3.70. The lowest BCUT2D eigenvalue weighted by atomic mass is 9.87. The van der Waals surface area contributed by atoms with E-state index in [9.17, 15) is 4.79 Å². The third-order valence-corrected chi connectivity index (χ3v) is 4.98. The van der Waals surface area contributed by atoms with Gasteiger partial charge in [0, 0.05) is 23.6 Å². The first-order valence-electron chi connectivity index (χ1n) is 6.82. The molecule has 1 heterocycles. The number of aromatic nitrogens is 2. The fraction of sp³-hybridized carbons (Fsp3) is 0.333. The van der Waals surface area contributed by atoms with Gasteiger partial charge in [-0.05, 0) is 36.1 Å². The van der Waals surface area contributed by atoms with E-state index in [1.165, 1.54) is 29.6 Å². The number of benzene rings is 1. The van der Waals surface area contributed by atoms with Crippen LogP contribution in [0.1, 0.15) is 23.6 Å². The lowest BCUT2D eigenvalue weighted by Gasteiger charge is -2.30. The van der Waals surface area contributed by atoms with Crippen molar-refractivity contribution in [1.29, 1.82) is 0 Å². The van der Waals surface area contributed by atoms with E-state index >= 15 is 0 Å². The topological polar surface area (TPSA) is 81.0 Å². The second-order valence-electron chi connectivity index (χ2n) is 5.02. The molecule has 1 aromatic carbocycles. The van der Waals surface area contributed by atoms with Gasteiger partial charge < -0.3 is 15.5 Å². The molecule has 6 heteroatoms. The number of fused-ring (bicyclic) bond motifs is 1. The molecule has 2 atom stereocenters. The zero-order valence-corrected chi connectivity index (χ0v) is 12.5. The van der Waals surface area contributed by atoms with E-state index in [-0.39, 0.29) is 16.9 Å². The number of H-pyrrole nitrogens is 1. The highest BCUT2D eigenvalue weighted by Crippen LogP contribution is 2.38. The number of aryl methyl sites for hydroxylation is 1. The van der Waals surface area contributed by atoms with Crippen LogP contribution in [-0.4, -0.2) is 22.3 Å². The minimum Gasteiger partial charge on any atom is -0.497 e. The maximum absolute atomic E-state index is 11.3. The van der Waals surface area contributed by atoms with E-state index in [0.717, 1.165) is 24.2 Å². The Hall–Kier alpha value is -1.79. The molecule has 0 saturated carbocycles. The number of rotatable bonds is 3. The Morgan fingerprint density at radius 3 is 3.05 bits per heavy atom. The van der Waals surface area contributed by atoms with Gasteiger partial charge in [-0.25, -0.2) is 4.98 Å². The minimum atomic E-state index is -0.140. The molecule has 2 unspecified atom stereocenters. The summed E-state index contributed by atoms with van der Waals surface area (Å²) < 4.78 is 5.28. The van der Waals surface area contributed by atoms with E-state index in [2.05, 4.69) is 16.0 Å². The summed E-state index contributed by atoms with van der Waals surface area (Å²) in [5, 5.41) is 0.810. The highest BCUT2D eigenvalue weighted by Gasteiger charge is 2.28. The van der Waals surface area contributed by atoms with Crippen LogP contribution in [0.25, 0.3) is 0 Å². The Labute approximate surface area is 126 Å². The van der Waals surface area contributed by atoms with Gasteiger partial charge in [0.1, 0.15) is 5.75 Å². The molecule has 0 aliphatic heterocycles. The Balaban J connectivity index is 1.84. The summed E-state index contributed by atoms with van der Waals surface area (Å²) in [6.07, 6.45) is 3.46. The van der Waals surface area contributed by atoms with Gasteiger partial charge in [0.15, 0.2) is 5.16 Å². The van der Waals surface area contributed by atoms with Crippen molar-refractivity contribution in [3.05, 3.63) is 51.9 Å².